The summed E-state index contributed by atoms with van der Waals surface area (Å²) in [6, 6.07) is 2.00. The molecule has 1 N–H and O–H groups in total. The molecule has 0 spiro atoms. The Balaban J connectivity index is 1.74. The van der Waals surface area contributed by atoms with Crippen molar-refractivity contribution in [2.24, 2.45) is 17.8 Å². The topological polar surface area (TPSA) is 50.2 Å². The van der Waals surface area contributed by atoms with E-state index in [2.05, 4.69) is 31.2 Å². The summed E-state index contributed by atoms with van der Waals surface area (Å²) in [4.78, 5) is 14.1. The highest BCUT2D eigenvalue weighted by atomic mass is 16.2. The lowest BCUT2D eigenvalue weighted by Gasteiger charge is -2.35. The summed E-state index contributed by atoms with van der Waals surface area (Å²) in [5.74, 6) is 1.58. The third-order valence-electron chi connectivity index (χ3n) is 3.82. The zero-order valence-corrected chi connectivity index (χ0v) is 12.7. The summed E-state index contributed by atoms with van der Waals surface area (Å²) in [5.41, 5.74) is 0. The van der Waals surface area contributed by atoms with E-state index >= 15 is 0 Å². The van der Waals surface area contributed by atoms with Gasteiger partial charge < -0.3 is 10.2 Å². The number of piperidine rings is 1. The largest absolute Gasteiger partial charge is 0.338 e. The van der Waals surface area contributed by atoms with Crippen LogP contribution >= 0.6 is 0 Å². The molecule has 0 aromatic carbocycles. The first kappa shape index (κ1) is 14.9. The van der Waals surface area contributed by atoms with E-state index in [1.165, 1.54) is 6.42 Å². The quantitative estimate of drug-likeness (QED) is 0.918. The van der Waals surface area contributed by atoms with E-state index in [-0.39, 0.29) is 6.03 Å². The highest BCUT2D eigenvalue weighted by Gasteiger charge is 2.25. The van der Waals surface area contributed by atoms with Gasteiger partial charge in [0.1, 0.15) is 0 Å². The third-order valence-corrected chi connectivity index (χ3v) is 3.82. The zero-order chi connectivity index (χ0) is 14.5. The zero-order valence-electron chi connectivity index (χ0n) is 12.7. The van der Waals surface area contributed by atoms with Gasteiger partial charge in [-0.25, -0.2) is 4.79 Å². The van der Waals surface area contributed by atoms with Gasteiger partial charge in [0.15, 0.2) is 0 Å². The Kier molecular flexibility index (Phi) is 5.04. The number of rotatable bonds is 4. The summed E-state index contributed by atoms with van der Waals surface area (Å²) >= 11 is 0. The van der Waals surface area contributed by atoms with E-state index < -0.39 is 0 Å². The van der Waals surface area contributed by atoms with Crippen molar-refractivity contribution in [3.63, 3.8) is 0 Å². The molecule has 0 radical (unpaired) electrons. The minimum atomic E-state index is 0.0794. The average molecular weight is 278 g/mol. The molecule has 2 heterocycles. The van der Waals surface area contributed by atoms with Crippen LogP contribution in [0.15, 0.2) is 18.5 Å². The molecular formula is C15H26N4O. The molecule has 1 saturated heterocycles. The van der Waals surface area contributed by atoms with Crippen LogP contribution in [0.3, 0.4) is 0 Å². The van der Waals surface area contributed by atoms with Crippen molar-refractivity contribution in [2.45, 2.75) is 33.7 Å². The van der Waals surface area contributed by atoms with Crippen LogP contribution in [0, 0.1) is 17.8 Å². The van der Waals surface area contributed by atoms with Crippen LogP contribution in [-0.2, 0) is 6.54 Å². The van der Waals surface area contributed by atoms with Gasteiger partial charge in [-0.3, -0.25) is 4.68 Å². The first-order chi connectivity index (χ1) is 9.54. The third kappa shape index (κ3) is 4.25. The molecule has 112 valence electrons. The molecule has 20 heavy (non-hydrogen) atoms. The smallest absolute Gasteiger partial charge is 0.317 e. The summed E-state index contributed by atoms with van der Waals surface area (Å²) in [6.07, 6.45) is 4.95. The van der Waals surface area contributed by atoms with Crippen molar-refractivity contribution in [1.82, 2.24) is 20.0 Å². The number of nitrogens with one attached hydrogen (secondary N) is 1. The van der Waals surface area contributed by atoms with Crippen LogP contribution in [0.1, 0.15) is 27.2 Å². The fraction of sp³-hybridized carbons (Fsp3) is 0.733. The first-order valence-electron chi connectivity index (χ1n) is 7.54. The minimum Gasteiger partial charge on any atom is -0.338 e. The van der Waals surface area contributed by atoms with Crippen LogP contribution in [0.4, 0.5) is 4.79 Å². The van der Waals surface area contributed by atoms with Gasteiger partial charge in [0.05, 0.1) is 0 Å². The van der Waals surface area contributed by atoms with Crippen molar-refractivity contribution in [3.8, 4) is 0 Å². The Labute approximate surface area is 121 Å². The maximum atomic E-state index is 12.2. The molecule has 2 amide bonds. The Bertz CT molecular complexity index is 408. The highest BCUT2D eigenvalue weighted by Crippen LogP contribution is 2.20. The summed E-state index contributed by atoms with van der Waals surface area (Å²) in [7, 11) is 0. The van der Waals surface area contributed by atoms with Crippen molar-refractivity contribution < 1.29 is 4.79 Å². The second-order valence-electron chi connectivity index (χ2n) is 6.37. The molecule has 2 rings (SSSR count). The molecular weight excluding hydrogens is 252 g/mol. The summed E-state index contributed by atoms with van der Waals surface area (Å²) < 4.78 is 1.90. The Hall–Kier alpha value is -1.52. The maximum absolute atomic E-state index is 12.2. The van der Waals surface area contributed by atoms with Gasteiger partial charge in [-0.1, -0.05) is 20.8 Å². The Morgan fingerprint density at radius 3 is 2.70 bits per heavy atom. The van der Waals surface area contributed by atoms with Crippen LogP contribution < -0.4 is 5.32 Å². The number of hydrogen-bond acceptors (Lipinski definition) is 2. The van der Waals surface area contributed by atoms with E-state index in [9.17, 15) is 4.79 Å². The monoisotopic (exact) mass is 278 g/mol. The lowest BCUT2D eigenvalue weighted by molar-refractivity contribution is 0.145. The van der Waals surface area contributed by atoms with Gasteiger partial charge in [-0.05, 0) is 30.2 Å². The lowest BCUT2D eigenvalue weighted by Crippen LogP contribution is -2.48. The molecule has 1 aromatic rings. The van der Waals surface area contributed by atoms with Gasteiger partial charge in [0.25, 0.3) is 0 Å². The van der Waals surface area contributed by atoms with Crippen LogP contribution in [0.25, 0.3) is 0 Å². The number of urea groups is 1. The molecule has 1 aliphatic heterocycles. The Morgan fingerprint density at radius 1 is 1.40 bits per heavy atom. The number of aromatic nitrogens is 2. The van der Waals surface area contributed by atoms with Crippen molar-refractivity contribution in [1.29, 1.82) is 0 Å². The fourth-order valence-corrected chi connectivity index (χ4v) is 2.99. The number of hydrogen-bond donors (Lipinski definition) is 1. The molecule has 1 fully saturated rings. The van der Waals surface area contributed by atoms with E-state index in [1.54, 1.807) is 6.20 Å². The van der Waals surface area contributed by atoms with Crippen molar-refractivity contribution >= 4 is 6.03 Å². The van der Waals surface area contributed by atoms with Gasteiger partial charge in [0.2, 0.25) is 0 Å². The highest BCUT2D eigenvalue weighted by molar-refractivity contribution is 5.74. The van der Waals surface area contributed by atoms with Gasteiger partial charge in [-0.15, -0.1) is 0 Å². The molecule has 5 heteroatoms. The molecule has 0 aliphatic carbocycles. The fourth-order valence-electron chi connectivity index (χ4n) is 2.99. The second-order valence-corrected chi connectivity index (χ2v) is 6.37. The SMILES string of the molecule is CC1CC(C)CN(C(=O)NCC(C)Cn2cccn2)C1. The van der Waals surface area contributed by atoms with Crippen LogP contribution in [0.5, 0.6) is 0 Å². The van der Waals surface area contributed by atoms with E-state index in [0.29, 0.717) is 24.3 Å². The Morgan fingerprint density at radius 2 is 2.10 bits per heavy atom. The number of likely N-dealkylation sites (tertiary alicyclic amines) is 1. The minimum absolute atomic E-state index is 0.0794. The number of carbonyl (C=O) groups is 1. The predicted molar refractivity (Wildman–Crippen MR) is 79.3 cm³/mol. The normalized spacial score (nSPS) is 24.4. The van der Waals surface area contributed by atoms with E-state index in [4.69, 9.17) is 0 Å². The molecule has 3 unspecified atom stereocenters. The van der Waals surface area contributed by atoms with Crippen molar-refractivity contribution in [3.05, 3.63) is 18.5 Å². The number of nitrogens with zero attached hydrogens (tertiary/aromatic N) is 3. The summed E-state index contributed by atoms with van der Waals surface area (Å²) in [6.45, 7) is 9.85. The van der Waals surface area contributed by atoms with Crippen molar-refractivity contribution in [2.75, 3.05) is 19.6 Å². The lowest BCUT2D eigenvalue weighted by atomic mass is 9.92. The van der Waals surface area contributed by atoms with E-state index in [1.807, 2.05) is 21.8 Å². The van der Waals surface area contributed by atoms with Crippen LogP contribution in [0.2, 0.25) is 0 Å². The molecule has 3 atom stereocenters. The van der Waals surface area contributed by atoms with Gasteiger partial charge in [0, 0.05) is 38.6 Å². The molecule has 1 aliphatic rings. The standard InChI is InChI=1S/C15H26N4O/c1-12-7-13(2)10-18(9-12)15(20)16-8-14(3)11-19-6-4-5-17-19/h4-6,12-14H,7-11H2,1-3H3,(H,16,20). The summed E-state index contributed by atoms with van der Waals surface area (Å²) in [5, 5.41) is 7.24. The molecule has 0 bridgehead atoms. The van der Waals surface area contributed by atoms with E-state index in [0.717, 1.165) is 19.6 Å². The first-order valence-corrected chi connectivity index (χ1v) is 7.54. The second kappa shape index (κ2) is 6.77. The molecule has 1 aromatic heterocycles. The van der Waals surface area contributed by atoms with Gasteiger partial charge in [-0.2, -0.15) is 5.10 Å². The number of amides is 2. The molecule has 5 nitrogen and oxygen atoms in total. The predicted octanol–water partition coefficient (Wildman–Crippen LogP) is 2.21. The molecule has 0 saturated carbocycles. The van der Waals surface area contributed by atoms with Crippen LogP contribution in [-0.4, -0.2) is 40.3 Å². The number of carbonyl (C=O) groups excluding carboxylic acids is 1. The maximum Gasteiger partial charge on any atom is 0.317 e. The van der Waals surface area contributed by atoms with Gasteiger partial charge >= 0.3 is 6.03 Å². The average Bonchev–Trinajstić information content (AvgIpc) is 2.87.